The third-order valence-corrected chi connectivity index (χ3v) is 4.41. The number of fused-ring (bicyclic) bond motifs is 2. The summed E-state index contributed by atoms with van der Waals surface area (Å²) in [4.78, 5) is 11.9. The Morgan fingerprint density at radius 1 is 1.28 bits per heavy atom. The van der Waals surface area contributed by atoms with Crippen molar-refractivity contribution in [3.05, 3.63) is 0 Å². The van der Waals surface area contributed by atoms with Gasteiger partial charge in [-0.2, -0.15) is 0 Å². The van der Waals surface area contributed by atoms with Crippen molar-refractivity contribution < 1.29 is 9.53 Å². The Labute approximate surface area is 110 Å². The Morgan fingerprint density at radius 3 is 2.61 bits per heavy atom. The maximum atomic E-state index is 11.9. The quantitative estimate of drug-likeness (QED) is 0.796. The van der Waals surface area contributed by atoms with E-state index in [-0.39, 0.29) is 17.0 Å². The van der Waals surface area contributed by atoms with Crippen LogP contribution in [0.3, 0.4) is 0 Å². The minimum absolute atomic E-state index is 0.0556. The van der Waals surface area contributed by atoms with E-state index in [1.54, 1.807) is 0 Å². The van der Waals surface area contributed by atoms with Gasteiger partial charge in [0.1, 0.15) is 5.60 Å². The number of ether oxygens (including phenoxy) is 1. The van der Waals surface area contributed by atoms with Gasteiger partial charge in [-0.25, -0.2) is 4.79 Å². The molecular weight excluding hydrogens is 228 g/mol. The van der Waals surface area contributed by atoms with Crippen LogP contribution < -0.4 is 11.1 Å². The summed E-state index contributed by atoms with van der Waals surface area (Å²) in [6.07, 6.45) is 6.36. The van der Waals surface area contributed by atoms with Crippen molar-refractivity contribution in [1.82, 2.24) is 5.32 Å². The van der Waals surface area contributed by atoms with Gasteiger partial charge < -0.3 is 15.8 Å². The van der Waals surface area contributed by atoms with Crippen LogP contribution in [0.1, 0.15) is 59.3 Å². The van der Waals surface area contributed by atoms with Crippen LogP contribution in [0.2, 0.25) is 0 Å². The van der Waals surface area contributed by atoms with Crippen LogP contribution in [0, 0.1) is 5.41 Å². The number of carbonyl (C=O) groups excluding carboxylic acids is 1. The lowest BCUT2D eigenvalue weighted by molar-refractivity contribution is 0.0419. The molecule has 2 atom stereocenters. The zero-order valence-corrected chi connectivity index (χ0v) is 11.8. The van der Waals surface area contributed by atoms with Crippen molar-refractivity contribution in [2.75, 3.05) is 6.54 Å². The molecule has 0 spiro atoms. The van der Waals surface area contributed by atoms with Gasteiger partial charge in [0.25, 0.3) is 0 Å². The normalized spacial score (nSPS) is 35.3. The molecule has 3 N–H and O–H groups in total. The van der Waals surface area contributed by atoms with Crippen LogP contribution in [-0.4, -0.2) is 23.8 Å². The molecule has 18 heavy (non-hydrogen) atoms. The molecule has 1 amide bonds. The summed E-state index contributed by atoms with van der Waals surface area (Å²) in [5.74, 6) is 0. The molecule has 4 nitrogen and oxygen atoms in total. The zero-order valence-electron chi connectivity index (χ0n) is 11.8. The third kappa shape index (κ3) is 2.79. The molecule has 2 aliphatic carbocycles. The molecule has 2 fully saturated rings. The largest absolute Gasteiger partial charge is 0.444 e. The minimum Gasteiger partial charge on any atom is -0.444 e. The summed E-state index contributed by atoms with van der Waals surface area (Å²) in [7, 11) is 0. The van der Waals surface area contributed by atoms with Crippen LogP contribution in [0.25, 0.3) is 0 Å². The summed E-state index contributed by atoms with van der Waals surface area (Å²) >= 11 is 0. The second-order valence-corrected chi connectivity index (χ2v) is 7.14. The molecule has 104 valence electrons. The lowest BCUT2D eigenvalue weighted by atomic mass is 9.73. The molecule has 0 unspecified atom stereocenters. The maximum absolute atomic E-state index is 11.9. The van der Waals surface area contributed by atoms with Gasteiger partial charge in [0.2, 0.25) is 0 Å². The number of hydrogen-bond donors (Lipinski definition) is 2. The predicted octanol–water partition coefficient (Wildman–Crippen LogP) is 2.56. The Morgan fingerprint density at radius 2 is 2.00 bits per heavy atom. The first-order valence-corrected chi connectivity index (χ1v) is 7.00. The number of carbonyl (C=O) groups is 1. The summed E-state index contributed by atoms with van der Waals surface area (Å²) < 4.78 is 5.37. The fraction of sp³-hybridized carbons (Fsp3) is 0.929. The van der Waals surface area contributed by atoms with Crippen molar-refractivity contribution in [1.29, 1.82) is 0 Å². The van der Waals surface area contributed by atoms with Crippen molar-refractivity contribution in [3.63, 3.8) is 0 Å². The van der Waals surface area contributed by atoms with Gasteiger partial charge in [-0.15, -0.1) is 0 Å². The van der Waals surface area contributed by atoms with E-state index in [9.17, 15) is 4.79 Å². The summed E-state index contributed by atoms with van der Waals surface area (Å²) in [6.45, 7) is 6.42. The average molecular weight is 254 g/mol. The first-order chi connectivity index (χ1) is 8.28. The molecule has 2 bridgehead atoms. The topological polar surface area (TPSA) is 64.3 Å². The monoisotopic (exact) mass is 254 g/mol. The van der Waals surface area contributed by atoms with Crippen molar-refractivity contribution in [2.45, 2.75) is 70.4 Å². The van der Waals surface area contributed by atoms with Crippen LogP contribution in [0.15, 0.2) is 0 Å². The molecular formula is C14H26N2O2. The third-order valence-electron chi connectivity index (χ3n) is 4.41. The highest BCUT2D eigenvalue weighted by Crippen LogP contribution is 2.53. The van der Waals surface area contributed by atoms with E-state index in [1.165, 1.54) is 6.42 Å². The molecule has 4 heteroatoms. The molecule has 0 aliphatic heterocycles. The van der Waals surface area contributed by atoms with Crippen molar-refractivity contribution in [3.8, 4) is 0 Å². The van der Waals surface area contributed by atoms with E-state index in [4.69, 9.17) is 10.5 Å². The fourth-order valence-electron chi connectivity index (χ4n) is 3.59. The lowest BCUT2D eigenvalue weighted by Gasteiger charge is -2.39. The molecule has 0 aromatic heterocycles. The van der Waals surface area contributed by atoms with E-state index in [1.807, 2.05) is 20.8 Å². The minimum atomic E-state index is -0.432. The Hall–Kier alpha value is -0.770. The standard InChI is InChI=1S/C14H26N2O2/c1-12(2,3)18-11(17)16-14-6-4-5-13(9-14,10-15)7-8-14/h4-10,15H2,1-3H3,(H,16,17)/t13-,14+/m1/s1. The molecule has 0 heterocycles. The van der Waals surface area contributed by atoms with Gasteiger partial charge in [-0.05, 0) is 64.8 Å². The second-order valence-electron chi connectivity index (χ2n) is 7.14. The van der Waals surface area contributed by atoms with E-state index in [2.05, 4.69) is 5.32 Å². The lowest BCUT2D eigenvalue weighted by Crippen LogP contribution is -2.51. The smallest absolute Gasteiger partial charge is 0.408 e. The van der Waals surface area contributed by atoms with Crippen LogP contribution in [-0.2, 0) is 4.74 Å². The summed E-state index contributed by atoms with van der Waals surface area (Å²) in [5.41, 5.74) is 5.71. The summed E-state index contributed by atoms with van der Waals surface area (Å²) in [6, 6.07) is 0. The molecule has 0 radical (unpaired) electrons. The summed E-state index contributed by atoms with van der Waals surface area (Å²) in [5, 5.41) is 3.12. The predicted molar refractivity (Wildman–Crippen MR) is 71.3 cm³/mol. The van der Waals surface area contributed by atoms with E-state index < -0.39 is 5.60 Å². The second kappa shape index (κ2) is 4.41. The molecule has 0 saturated heterocycles. The van der Waals surface area contributed by atoms with Crippen LogP contribution in [0.5, 0.6) is 0 Å². The van der Waals surface area contributed by atoms with Gasteiger partial charge >= 0.3 is 6.09 Å². The van der Waals surface area contributed by atoms with Crippen molar-refractivity contribution in [2.24, 2.45) is 11.1 Å². The van der Waals surface area contributed by atoms with Gasteiger partial charge in [0.15, 0.2) is 0 Å². The highest BCUT2D eigenvalue weighted by Gasteiger charge is 2.51. The van der Waals surface area contributed by atoms with Gasteiger partial charge in [-0.1, -0.05) is 6.42 Å². The zero-order chi connectivity index (χ0) is 13.4. The Bertz CT molecular complexity index is 337. The molecule has 0 aromatic rings. The Balaban J connectivity index is 1.99. The Kier molecular flexibility index (Phi) is 3.34. The highest BCUT2D eigenvalue weighted by molar-refractivity contribution is 5.69. The fourth-order valence-corrected chi connectivity index (χ4v) is 3.59. The molecule has 2 rings (SSSR count). The SMILES string of the molecule is CC(C)(C)OC(=O)N[C@@]12CCC[C@@](CN)(CC1)C2. The molecule has 2 saturated carbocycles. The maximum Gasteiger partial charge on any atom is 0.408 e. The molecule has 2 aliphatic rings. The van der Waals surface area contributed by atoms with Gasteiger partial charge in [0.05, 0.1) is 0 Å². The molecule has 0 aromatic carbocycles. The number of hydrogen-bond acceptors (Lipinski definition) is 3. The van der Waals surface area contributed by atoms with E-state index in [0.717, 1.165) is 38.6 Å². The van der Waals surface area contributed by atoms with Crippen molar-refractivity contribution >= 4 is 6.09 Å². The number of nitrogens with one attached hydrogen (secondary N) is 1. The number of nitrogens with two attached hydrogens (primary N) is 1. The highest BCUT2D eigenvalue weighted by atomic mass is 16.6. The number of alkyl carbamates (subject to hydrolysis) is 1. The number of rotatable bonds is 2. The van der Waals surface area contributed by atoms with Gasteiger partial charge in [0, 0.05) is 5.54 Å². The van der Waals surface area contributed by atoms with E-state index in [0.29, 0.717) is 0 Å². The van der Waals surface area contributed by atoms with Crippen LogP contribution in [0.4, 0.5) is 4.79 Å². The average Bonchev–Trinajstić information content (AvgIpc) is 2.48. The van der Waals surface area contributed by atoms with Crippen LogP contribution >= 0.6 is 0 Å². The number of amides is 1. The first kappa shape index (κ1) is 13.7. The van der Waals surface area contributed by atoms with E-state index >= 15 is 0 Å². The van der Waals surface area contributed by atoms with Gasteiger partial charge in [-0.3, -0.25) is 0 Å². The first-order valence-electron chi connectivity index (χ1n) is 7.00.